The number of aromatic nitrogens is 3. The number of fused-ring (bicyclic) bond motifs is 1. The third-order valence-electron chi connectivity index (χ3n) is 6.83. The second-order valence-corrected chi connectivity index (χ2v) is 11.3. The molecule has 0 amide bonds. The van der Waals surface area contributed by atoms with E-state index in [1.807, 2.05) is 42.5 Å². The molecule has 2 aromatic heterocycles. The summed E-state index contributed by atoms with van der Waals surface area (Å²) < 4.78 is 23.2. The fourth-order valence-electron chi connectivity index (χ4n) is 4.57. The molecule has 0 saturated carbocycles. The Bertz CT molecular complexity index is 1490. The lowest BCUT2D eigenvalue weighted by atomic mass is 9.92. The summed E-state index contributed by atoms with van der Waals surface area (Å²) in [7, 11) is 2.71. The molecule has 2 aromatic carbocycles. The smallest absolute Gasteiger partial charge is 0.231 e. The normalized spacial score (nSPS) is 19.8. The first-order valence-electron chi connectivity index (χ1n) is 13.0. The molecule has 1 atom stereocenters. The average molecular weight is 576 g/mol. The first kappa shape index (κ1) is 26.7. The van der Waals surface area contributed by atoms with Gasteiger partial charge in [0.1, 0.15) is 0 Å². The van der Waals surface area contributed by atoms with Crippen LogP contribution >= 0.6 is 21.5 Å². The maximum absolute atomic E-state index is 6.18. The predicted octanol–water partition coefficient (Wildman–Crippen LogP) is 4.08. The molecule has 11 heteroatoms. The summed E-state index contributed by atoms with van der Waals surface area (Å²) >= 11 is 5.51. The summed E-state index contributed by atoms with van der Waals surface area (Å²) in [6.07, 6.45) is 2.94. The summed E-state index contributed by atoms with van der Waals surface area (Å²) in [6.45, 7) is 4.51. The molecule has 206 valence electrons. The number of nitrogens with one attached hydrogen (secondary N) is 3. The molecule has 1 unspecified atom stereocenters. The SMILES string of the molecule is CC1(CNC(=S)NCc2ccc3c(c2)OCO3)COC(c2nc(-c3ccc(P)cc3)c(-c3ccncc3)[nH]2)OC1. The van der Waals surface area contributed by atoms with E-state index in [9.17, 15) is 0 Å². The molecule has 2 aliphatic heterocycles. The maximum Gasteiger partial charge on any atom is 0.231 e. The van der Waals surface area contributed by atoms with Gasteiger partial charge in [-0.3, -0.25) is 4.98 Å². The molecule has 0 radical (unpaired) electrons. The minimum atomic E-state index is -0.598. The lowest BCUT2D eigenvalue weighted by molar-refractivity contribution is -0.231. The number of ether oxygens (including phenoxy) is 4. The quantitative estimate of drug-likeness (QED) is 0.222. The molecule has 9 nitrogen and oxygen atoms in total. The van der Waals surface area contributed by atoms with Gasteiger partial charge in [-0.05, 0) is 47.4 Å². The Morgan fingerprint density at radius 3 is 2.52 bits per heavy atom. The van der Waals surface area contributed by atoms with Crippen LogP contribution in [0.3, 0.4) is 0 Å². The van der Waals surface area contributed by atoms with Crippen molar-refractivity contribution >= 4 is 31.9 Å². The van der Waals surface area contributed by atoms with Crippen molar-refractivity contribution in [3.63, 3.8) is 0 Å². The van der Waals surface area contributed by atoms with Crippen molar-refractivity contribution in [1.29, 1.82) is 0 Å². The molecule has 4 heterocycles. The summed E-state index contributed by atoms with van der Waals surface area (Å²) in [6, 6.07) is 18.0. The number of hydrogen-bond acceptors (Lipinski definition) is 7. The van der Waals surface area contributed by atoms with E-state index >= 15 is 0 Å². The Labute approximate surface area is 240 Å². The van der Waals surface area contributed by atoms with E-state index in [4.69, 9.17) is 36.1 Å². The Kier molecular flexibility index (Phi) is 7.67. The fourth-order valence-corrected chi connectivity index (χ4v) is 4.91. The highest BCUT2D eigenvalue weighted by Crippen LogP contribution is 2.35. The van der Waals surface area contributed by atoms with Crippen LogP contribution in [-0.2, 0) is 16.0 Å². The monoisotopic (exact) mass is 575 g/mol. The number of imidazole rings is 1. The van der Waals surface area contributed by atoms with E-state index in [0.717, 1.165) is 44.9 Å². The molecule has 0 aliphatic carbocycles. The molecule has 6 rings (SSSR count). The Morgan fingerprint density at radius 1 is 1.00 bits per heavy atom. The second kappa shape index (κ2) is 11.5. The van der Waals surface area contributed by atoms with Gasteiger partial charge in [0.2, 0.25) is 13.1 Å². The predicted molar refractivity (Wildman–Crippen MR) is 159 cm³/mol. The van der Waals surface area contributed by atoms with Crippen LogP contribution in [0.2, 0.25) is 0 Å². The Balaban J connectivity index is 1.07. The van der Waals surface area contributed by atoms with Crippen LogP contribution in [0.4, 0.5) is 0 Å². The zero-order valence-electron chi connectivity index (χ0n) is 22.0. The standard InChI is InChI=1S/C29H30N5O4PS/c1-29(14-32-28(40)31-13-18-2-7-22-23(12-18)38-17-37-22)15-35-27(36-16-29)26-33-24(19-3-5-21(39)6-4-19)25(34-26)20-8-10-30-11-9-20/h2-12,27H,13-17,39H2,1H3,(H,33,34)(H2,31,32,40). The number of hydrogen-bond donors (Lipinski definition) is 3. The molecule has 1 fully saturated rings. The van der Waals surface area contributed by atoms with Crippen molar-refractivity contribution in [3.8, 4) is 34.0 Å². The van der Waals surface area contributed by atoms with Gasteiger partial charge in [-0.2, -0.15) is 0 Å². The molecular weight excluding hydrogens is 545 g/mol. The number of nitrogens with zero attached hydrogens (tertiary/aromatic N) is 2. The number of rotatable bonds is 7. The fraction of sp³-hybridized carbons (Fsp3) is 0.276. The lowest BCUT2D eigenvalue weighted by Gasteiger charge is -2.37. The van der Waals surface area contributed by atoms with Crippen LogP contribution in [0.25, 0.3) is 22.5 Å². The van der Waals surface area contributed by atoms with Crippen molar-refractivity contribution in [2.45, 2.75) is 19.8 Å². The van der Waals surface area contributed by atoms with Gasteiger partial charge >= 0.3 is 0 Å². The van der Waals surface area contributed by atoms with Gasteiger partial charge in [0.25, 0.3) is 0 Å². The van der Waals surface area contributed by atoms with Gasteiger partial charge in [-0.25, -0.2) is 4.98 Å². The minimum absolute atomic E-state index is 0.259. The second-order valence-electron chi connectivity index (χ2n) is 10.2. The van der Waals surface area contributed by atoms with E-state index in [1.54, 1.807) is 12.4 Å². The van der Waals surface area contributed by atoms with Crippen LogP contribution in [0.1, 0.15) is 24.6 Å². The molecule has 40 heavy (non-hydrogen) atoms. The van der Waals surface area contributed by atoms with Crippen molar-refractivity contribution in [2.24, 2.45) is 5.41 Å². The average Bonchev–Trinajstić information content (AvgIpc) is 3.64. The van der Waals surface area contributed by atoms with Gasteiger partial charge in [0.05, 0.1) is 24.6 Å². The Hall–Kier alpha value is -3.56. The van der Waals surface area contributed by atoms with Gasteiger partial charge in [0, 0.05) is 42.0 Å². The molecule has 4 aromatic rings. The van der Waals surface area contributed by atoms with Crippen LogP contribution in [0, 0.1) is 5.41 Å². The zero-order chi connectivity index (χ0) is 27.5. The van der Waals surface area contributed by atoms with E-state index in [0.29, 0.717) is 37.2 Å². The van der Waals surface area contributed by atoms with Crippen LogP contribution < -0.4 is 25.4 Å². The van der Waals surface area contributed by atoms with Crippen molar-refractivity contribution < 1.29 is 18.9 Å². The van der Waals surface area contributed by atoms with E-state index < -0.39 is 6.29 Å². The van der Waals surface area contributed by atoms with Crippen LogP contribution in [-0.4, -0.2) is 46.6 Å². The summed E-state index contributed by atoms with van der Waals surface area (Å²) in [5.41, 5.74) is 4.53. The van der Waals surface area contributed by atoms with Gasteiger partial charge in [-0.1, -0.05) is 37.3 Å². The van der Waals surface area contributed by atoms with Crippen molar-refractivity contribution in [1.82, 2.24) is 25.6 Å². The Morgan fingerprint density at radius 2 is 1.75 bits per heavy atom. The van der Waals surface area contributed by atoms with Crippen LogP contribution in [0.15, 0.2) is 67.0 Å². The number of pyridine rings is 1. The first-order chi connectivity index (χ1) is 19.5. The summed E-state index contributed by atoms with van der Waals surface area (Å²) in [5.74, 6) is 2.15. The largest absolute Gasteiger partial charge is 0.454 e. The third-order valence-corrected chi connectivity index (χ3v) is 7.50. The van der Waals surface area contributed by atoms with E-state index in [2.05, 4.69) is 48.9 Å². The summed E-state index contributed by atoms with van der Waals surface area (Å²) in [5, 5.41) is 8.23. The number of H-pyrrole nitrogens is 1. The third kappa shape index (κ3) is 5.95. The van der Waals surface area contributed by atoms with E-state index in [-0.39, 0.29) is 12.2 Å². The highest BCUT2D eigenvalue weighted by atomic mass is 32.1. The number of aromatic amines is 1. The van der Waals surface area contributed by atoms with Gasteiger partial charge in [0.15, 0.2) is 22.4 Å². The van der Waals surface area contributed by atoms with Crippen molar-refractivity contribution in [3.05, 3.63) is 78.4 Å². The van der Waals surface area contributed by atoms with Gasteiger partial charge < -0.3 is 34.6 Å². The zero-order valence-corrected chi connectivity index (χ0v) is 23.9. The molecular formula is C29H30N5O4PS. The maximum atomic E-state index is 6.18. The molecule has 2 aliphatic rings. The number of benzene rings is 2. The van der Waals surface area contributed by atoms with Crippen molar-refractivity contribution in [2.75, 3.05) is 26.6 Å². The lowest BCUT2D eigenvalue weighted by Crippen LogP contribution is -2.47. The highest BCUT2D eigenvalue weighted by molar-refractivity contribution is 7.80. The summed E-state index contributed by atoms with van der Waals surface area (Å²) in [4.78, 5) is 12.5. The minimum Gasteiger partial charge on any atom is -0.454 e. The number of thiocarbonyl (C=S) groups is 1. The highest BCUT2D eigenvalue weighted by Gasteiger charge is 2.35. The molecule has 0 spiro atoms. The molecule has 1 saturated heterocycles. The van der Waals surface area contributed by atoms with E-state index in [1.165, 1.54) is 0 Å². The molecule has 0 bridgehead atoms. The molecule has 3 N–H and O–H groups in total. The van der Waals surface area contributed by atoms with Crippen LogP contribution in [0.5, 0.6) is 11.5 Å². The first-order valence-corrected chi connectivity index (χ1v) is 13.9. The topological polar surface area (TPSA) is 103 Å². The van der Waals surface area contributed by atoms with Gasteiger partial charge in [-0.15, -0.1) is 9.24 Å².